The first-order valence-electron chi connectivity index (χ1n) is 3.54. The average Bonchev–Trinajstić information content (AvgIpc) is 2.31. The number of carboxylic acids is 1. The second kappa shape index (κ2) is 3.20. The molecule has 1 fully saturated rings. The Morgan fingerprint density at radius 2 is 2.00 bits per heavy atom. The van der Waals surface area contributed by atoms with Crippen molar-refractivity contribution in [2.75, 3.05) is 6.61 Å². The van der Waals surface area contributed by atoms with E-state index in [1.165, 1.54) is 0 Å². The first kappa shape index (κ1) is 10.4. The monoisotopic (exact) mass is 194 g/mol. The van der Waals surface area contributed by atoms with Gasteiger partial charge in [-0.1, -0.05) is 0 Å². The third kappa shape index (κ3) is 1.40. The predicted octanol–water partition coefficient (Wildman–Crippen LogP) is -3.13. The van der Waals surface area contributed by atoms with Crippen LogP contribution in [0.5, 0.6) is 0 Å². The van der Waals surface area contributed by atoms with Crippen molar-refractivity contribution in [2.45, 2.75) is 24.1 Å². The minimum Gasteiger partial charge on any atom is -0.477 e. The lowest BCUT2D eigenvalue weighted by molar-refractivity contribution is -0.239. The van der Waals surface area contributed by atoms with Crippen LogP contribution in [0, 0.1) is 0 Å². The highest BCUT2D eigenvalue weighted by Crippen LogP contribution is 2.29. The van der Waals surface area contributed by atoms with E-state index in [9.17, 15) is 4.79 Å². The van der Waals surface area contributed by atoms with Gasteiger partial charge in [-0.2, -0.15) is 0 Å². The Hall–Kier alpha value is -0.730. The quantitative estimate of drug-likeness (QED) is 0.314. The molecule has 1 rings (SSSR count). The fourth-order valence-corrected chi connectivity index (χ4v) is 1.13. The van der Waals surface area contributed by atoms with Crippen LogP contribution < -0.4 is 0 Å². The summed E-state index contributed by atoms with van der Waals surface area (Å²) in [6.07, 6.45) is -4.88. The zero-order valence-corrected chi connectivity index (χ0v) is 6.49. The van der Waals surface area contributed by atoms with Crippen LogP contribution in [0.1, 0.15) is 0 Å². The molecule has 0 spiro atoms. The molecule has 13 heavy (non-hydrogen) atoms. The van der Waals surface area contributed by atoms with Crippen LogP contribution in [0.15, 0.2) is 0 Å². The smallest absolute Gasteiger partial charge is 0.367 e. The zero-order valence-electron chi connectivity index (χ0n) is 6.49. The molecule has 0 aliphatic carbocycles. The van der Waals surface area contributed by atoms with Crippen molar-refractivity contribution in [1.29, 1.82) is 0 Å². The molecule has 1 heterocycles. The van der Waals surface area contributed by atoms with E-state index >= 15 is 0 Å². The number of hydrogen-bond acceptors (Lipinski definition) is 6. The Labute approximate surface area is 72.8 Å². The molecule has 1 aliphatic heterocycles. The van der Waals surface area contributed by atoms with Crippen LogP contribution in [0.25, 0.3) is 0 Å². The number of aliphatic hydroxyl groups excluding tert-OH is 3. The molecular formula is C6H10O7. The fraction of sp³-hybridized carbons (Fsp3) is 0.833. The second-order valence-electron chi connectivity index (χ2n) is 2.78. The summed E-state index contributed by atoms with van der Waals surface area (Å²) in [6, 6.07) is 0. The Bertz CT molecular complexity index is 217. The lowest BCUT2D eigenvalue weighted by Gasteiger charge is -2.19. The van der Waals surface area contributed by atoms with Gasteiger partial charge in [-0.15, -0.1) is 0 Å². The molecule has 0 amide bonds. The third-order valence-corrected chi connectivity index (χ3v) is 1.92. The number of rotatable bonds is 2. The van der Waals surface area contributed by atoms with Crippen LogP contribution in [0.3, 0.4) is 0 Å². The maximum absolute atomic E-state index is 10.4. The largest absolute Gasteiger partial charge is 0.477 e. The number of ether oxygens (including phenoxy) is 1. The Kier molecular flexibility index (Phi) is 2.55. The second-order valence-corrected chi connectivity index (χ2v) is 2.78. The molecule has 0 aromatic carbocycles. The van der Waals surface area contributed by atoms with Crippen LogP contribution in [-0.2, 0) is 9.53 Å². The van der Waals surface area contributed by atoms with Gasteiger partial charge in [0.15, 0.2) is 0 Å². The van der Waals surface area contributed by atoms with Crippen molar-refractivity contribution in [3.8, 4) is 0 Å². The molecule has 5 N–H and O–H groups in total. The van der Waals surface area contributed by atoms with Crippen molar-refractivity contribution >= 4 is 5.97 Å². The number of hydrogen-bond donors (Lipinski definition) is 5. The van der Waals surface area contributed by atoms with E-state index < -0.39 is 36.7 Å². The molecule has 1 saturated heterocycles. The van der Waals surface area contributed by atoms with Crippen molar-refractivity contribution in [2.24, 2.45) is 0 Å². The van der Waals surface area contributed by atoms with Crippen molar-refractivity contribution in [3.63, 3.8) is 0 Å². The summed E-state index contributed by atoms with van der Waals surface area (Å²) in [5, 5.41) is 44.3. The van der Waals surface area contributed by atoms with E-state index in [1.54, 1.807) is 0 Å². The van der Waals surface area contributed by atoms with Crippen molar-refractivity contribution < 1.29 is 35.1 Å². The molecule has 0 aromatic rings. The van der Waals surface area contributed by atoms with Crippen LogP contribution in [0.2, 0.25) is 0 Å². The highest BCUT2D eigenvalue weighted by Gasteiger charge is 2.58. The first-order valence-corrected chi connectivity index (χ1v) is 3.54. The molecular weight excluding hydrogens is 184 g/mol. The summed E-state index contributed by atoms with van der Waals surface area (Å²) in [7, 11) is 0. The number of carboxylic acid groups (broad SMARTS) is 1. The lowest BCUT2D eigenvalue weighted by atomic mass is 10.1. The van der Waals surface area contributed by atoms with Crippen LogP contribution >= 0.6 is 0 Å². The summed E-state index contributed by atoms with van der Waals surface area (Å²) in [4.78, 5) is 10.4. The normalized spacial score (nSPS) is 45.1. The van der Waals surface area contributed by atoms with Crippen molar-refractivity contribution in [3.05, 3.63) is 0 Å². The van der Waals surface area contributed by atoms with E-state index in [1.807, 2.05) is 0 Å². The van der Waals surface area contributed by atoms with Crippen LogP contribution in [-0.4, -0.2) is 62.2 Å². The van der Waals surface area contributed by atoms with E-state index in [4.69, 9.17) is 25.5 Å². The average molecular weight is 194 g/mol. The molecule has 7 heteroatoms. The SMILES string of the molecule is O=C(O)C1(O)O[C@H](CO)[C@@H](O)[C@H]1O. The van der Waals surface area contributed by atoms with Crippen molar-refractivity contribution in [1.82, 2.24) is 0 Å². The maximum Gasteiger partial charge on any atom is 0.367 e. The first-order chi connectivity index (χ1) is 5.93. The van der Waals surface area contributed by atoms with Gasteiger partial charge in [0.2, 0.25) is 0 Å². The molecule has 0 bridgehead atoms. The summed E-state index contributed by atoms with van der Waals surface area (Å²) in [6.45, 7) is -0.687. The van der Waals surface area contributed by atoms with E-state index in [2.05, 4.69) is 4.74 Å². The molecule has 1 aliphatic rings. The predicted molar refractivity (Wildman–Crippen MR) is 36.6 cm³/mol. The Morgan fingerprint density at radius 1 is 1.46 bits per heavy atom. The lowest BCUT2D eigenvalue weighted by Crippen LogP contribution is -2.49. The van der Waals surface area contributed by atoms with Crippen LogP contribution in [0.4, 0.5) is 0 Å². The number of aliphatic hydroxyl groups is 4. The Balaban J connectivity index is 2.87. The number of aliphatic carboxylic acids is 1. The topological polar surface area (TPSA) is 127 Å². The zero-order chi connectivity index (χ0) is 10.2. The molecule has 4 atom stereocenters. The number of carbonyl (C=O) groups is 1. The molecule has 0 saturated carbocycles. The van der Waals surface area contributed by atoms with Gasteiger partial charge in [0.05, 0.1) is 6.61 Å². The minimum absolute atomic E-state index is 0.687. The standard InChI is InChI=1S/C6H10O7/c7-1-2-3(8)4(9)6(12,13-2)5(10)11/h2-4,7-9,12H,1H2,(H,10,11)/t2-,3-,4-,6?/m1/s1. The molecule has 0 radical (unpaired) electrons. The summed E-state index contributed by atoms with van der Waals surface area (Å²) < 4.78 is 4.39. The highest BCUT2D eigenvalue weighted by molar-refractivity contribution is 5.76. The molecule has 76 valence electrons. The minimum atomic E-state index is -2.84. The maximum atomic E-state index is 10.4. The third-order valence-electron chi connectivity index (χ3n) is 1.92. The summed E-state index contributed by atoms with van der Waals surface area (Å²) >= 11 is 0. The molecule has 1 unspecified atom stereocenters. The fourth-order valence-electron chi connectivity index (χ4n) is 1.13. The van der Waals surface area contributed by atoms with Gasteiger partial charge in [0, 0.05) is 0 Å². The van der Waals surface area contributed by atoms with Gasteiger partial charge in [0.25, 0.3) is 5.79 Å². The van der Waals surface area contributed by atoms with Gasteiger partial charge < -0.3 is 30.3 Å². The summed E-state index contributed by atoms with van der Waals surface area (Å²) in [5.74, 6) is -4.65. The van der Waals surface area contributed by atoms with E-state index in [0.29, 0.717) is 0 Å². The summed E-state index contributed by atoms with van der Waals surface area (Å²) in [5.41, 5.74) is 0. The van der Waals surface area contributed by atoms with Gasteiger partial charge in [0.1, 0.15) is 18.3 Å². The molecule has 7 nitrogen and oxygen atoms in total. The Morgan fingerprint density at radius 3 is 2.23 bits per heavy atom. The van der Waals surface area contributed by atoms with Gasteiger partial charge in [-0.05, 0) is 0 Å². The van der Waals surface area contributed by atoms with E-state index in [-0.39, 0.29) is 0 Å². The van der Waals surface area contributed by atoms with Gasteiger partial charge >= 0.3 is 5.97 Å². The molecule has 0 aromatic heterocycles. The van der Waals surface area contributed by atoms with E-state index in [0.717, 1.165) is 0 Å². The van der Waals surface area contributed by atoms with Gasteiger partial charge in [-0.3, -0.25) is 0 Å². The van der Waals surface area contributed by atoms with Gasteiger partial charge in [-0.25, -0.2) is 4.79 Å². The highest BCUT2D eigenvalue weighted by atomic mass is 16.7.